The van der Waals surface area contributed by atoms with Gasteiger partial charge in [0.05, 0.1) is 29.6 Å². The molecule has 1 heterocycles. The zero-order valence-electron chi connectivity index (χ0n) is 20.0. The molecular formula is C23H31N3O6S2. The number of hydrogen-bond donors (Lipinski definition) is 1. The Morgan fingerprint density at radius 1 is 1.03 bits per heavy atom. The number of nitrogens with one attached hydrogen (secondary N) is 1. The fraction of sp³-hybridized carbons (Fsp3) is 0.435. The highest BCUT2D eigenvalue weighted by molar-refractivity contribution is 7.92. The lowest BCUT2D eigenvalue weighted by Gasteiger charge is -2.29. The molecule has 0 bridgehead atoms. The molecule has 1 atom stereocenters. The van der Waals surface area contributed by atoms with Crippen molar-refractivity contribution in [3.05, 3.63) is 47.5 Å². The van der Waals surface area contributed by atoms with Crippen LogP contribution >= 0.6 is 0 Å². The summed E-state index contributed by atoms with van der Waals surface area (Å²) in [5.74, 6) is -0.364. The van der Waals surface area contributed by atoms with Crippen LogP contribution in [-0.4, -0.2) is 59.5 Å². The lowest BCUT2D eigenvalue weighted by atomic mass is 10.1. The Balaban J connectivity index is 1.95. The highest BCUT2D eigenvalue weighted by atomic mass is 32.2. The summed E-state index contributed by atoms with van der Waals surface area (Å²) in [4.78, 5) is 13.2. The Hall–Kier alpha value is -2.63. The van der Waals surface area contributed by atoms with E-state index in [1.54, 1.807) is 12.1 Å². The molecule has 1 N–H and O–H groups in total. The standard InChI is InChI=1S/C23H31N3O6S2/c1-16-12-17(2)14-19(13-16)26(33(5,28)29)18(3)23(27)24-21-15-20(8-9-22(21)32-4)34(30,31)25-10-6-7-11-25/h8-9,12-15,18H,6-7,10-11H2,1-5H3,(H,24,27)/t18-/m1/s1. The van der Waals surface area contributed by atoms with E-state index < -0.39 is 32.0 Å². The van der Waals surface area contributed by atoms with E-state index in [9.17, 15) is 21.6 Å². The molecule has 1 amide bonds. The number of methoxy groups -OCH3 is 1. The topological polar surface area (TPSA) is 113 Å². The molecule has 0 spiro atoms. The predicted octanol–water partition coefficient (Wildman–Crippen LogP) is 2.89. The maximum atomic E-state index is 13.2. The van der Waals surface area contributed by atoms with E-state index in [0.717, 1.165) is 34.5 Å². The van der Waals surface area contributed by atoms with Crippen LogP contribution in [-0.2, 0) is 24.8 Å². The van der Waals surface area contributed by atoms with Gasteiger partial charge in [0, 0.05) is 13.1 Å². The van der Waals surface area contributed by atoms with Crippen molar-refractivity contribution in [1.82, 2.24) is 4.31 Å². The number of ether oxygens (including phenoxy) is 1. The first-order chi connectivity index (χ1) is 15.8. The molecule has 1 aliphatic heterocycles. The average Bonchev–Trinajstić information content (AvgIpc) is 3.28. The van der Waals surface area contributed by atoms with E-state index in [0.29, 0.717) is 18.8 Å². The van der Waals surface area contributed by atoms with Crippen LogP contribution < -0.4 is 14.4 Å². The summed E-state index contributed by atoms with van der Waals surface area (Å²) in [6.07, 6.45) is 2.64. The van der Waals surface area contributed by atoms with Crippen LogP contribution in [0.4, 0.5) is 11.4 Å². The number of aryl methyl sites for hydroxylation is 2. The highest BCUT2D eigenvalue weighted by Crippen LogP contribution is 2.31. The van der Waals surface area contributed by atoms with Gasteiger partial charge in [-0.15, -0.1) is 0 Å². The van der Waals surface area contributed by atoms with Crippen molar-refractivity contribution in [3.8, 4) is 5.75 Å². The van der Waals surface area contributed by atoms with Crippen LogP contribution in [0, 0.1) is 13.8 Å². The molecule has 1 fully saturated rings. The van der Waals surface area contributed by atoms with Gasteiger partial charge in [0.2, 0.25) is 26.0 Å². The normalized spacial score (nSPS) is 15.7. The third-order valence-corrected chi connectivity index (χ3v) is 8.82. The Kier molecular flexibility index (Phi) is 7.59. The molecule has 0 aromatic heterocycles. The number of nitrogens with zero attached hydrogens (tertiary/aromatic N) is 2. The summed E-state index contributed by atoms with van der Waals surface area (Å²) in [6.45, 7) is 6.07. The van der Waals surface area contributed by atoms with E-state index >= 15 is 0 Å². The van der Waals surface area contributed by atoms with Crippen molar-refractivity contribution in [2.24, 2.45) is 0 Å². The first-order valence-corrected chi connectivity index (χ1v) is 14.2. The number of benzene rings is 2. The molecule has 1 aliphatic rings. The summed E-state index contributed by atoms with van der Waals surface area (Å²) in [5.41, 5.74) is 2.24. The van der Waals surface area contributed by atoms with E-state index in [2.05, 4.69) is 5.32 Å². The van der Waals surface area contributed by atoms with Crippen molar-refractivity contribution >= 4 is 37.3 Å². The van der Waals surface area contributed by atoms with Gasteiger partial charge in [-0.2, -0.15) is 4.31 Å². The van der Waals surface area contributed by atoms with Crippen LogP contribution in [0.15, 0.2) is 41.3 Å². The second kappa shape index (κ2) is 9.93. The molecule has 3 rings (SSSR count). The first kappa shape index (κ1) is 26.0. The maximum Gasteiger partial charge on any atom is 0.248 e. The van der Waals surface area contributed by atoms with Gasteiger partial charge in [0.1, 0.15) is 11.8 Å². The van der Waals surface area contributed by atoms with E-state index in [1.807, 2.05) is 19.9 Å². The number of sulfonamides is 2. The van der Waals surface area contributed by atoms with E-state index in [-0.39, 0.29) is 16.3 Å². The highest BCUT2D eigenvalue weighted by Gasteiger charge is 2.31. The van der Waals surface area contributed by atoms with Crippen LogP contribution in [0.1, 0.15) is 30.9 Å². The fourth-order valence-electron chi connectivity index (χ4n) is 4.15. The number of hydrogen-bond acceptors (Lipinski definition) is 6. The van der Waals surface area contributed by atoms with Gasteiger partial charge in [0.25, 0.3) is 0 Å². The van der Waals surface area contributed by atoms with E-state index in [4.69, 9.17) is 4.74 Å². The summed E-state index contributed by atoms with van der Waals surface area (Å²) in [7, 11) is -6.12. The lowest BCUT2D eigenvalue weighted by Crippen LogP contribution is -2.45. The van der Waals surface area contributed by atoms with Crippen LogP contribution in [0.5, 0.6) is 5.75 Å². The molecular weight excluding hydrogens is 478 g/mol. The molecule has 0 aliphatic carbocycles. The molecule has 2 aromatic rings. The Bertz CT molecular complexity index is 1270. The van der Waals surface area contributed by atoms with Crippen LogP contribution in [0.3, 0.4) is 0 Å². The predicted molar refractivity (Wildman–Crippen MR) is 132 cm³/mol. The Morgan fingerprint density at radius 3 is 2.15 bits per heavy atom. The maximum absolute atomic E-state index is 13.2. The minimum absolute atomic E-state index is 0.0347. The van der Waals surface area contributed by atoms with Gasteiger partial charge >= 0.3 is 0 Å². The first-order valence-electron chi connectivity index (χ1n) is 10.9. The molecule has 0 unspecified atom stereocenters. The fourth-order valence-corrected chi connectivity index (χ4v) is 6.85. The summed E-state index contributed by atoms with van der Waals surface area (Å²) in [6, 6.07) is 8.44. The number of carbonyl (C=O) groups excluding carboxylic acids is 1. The molecule has 11 heteroatoms. The van der Waals surface area contributed by atoms with Gasteiger partial charge in [-0.3, -0.25) is 9.10 Å². The smallest absolute Gasteiger partial charge is 0.248 e. The van der Waals surface area contributed by atoms with Crippen molar-refractivity contribution in [2.45, 2.75) is 44.6 Å². The second-order valence-electron chi connectivity index (χ2n) is 8.54. The van der Waals surface area contributed by atoms with Gasteiger partial charge in [-0.25, -0.2) is 16.8 Å². The van der Waals surface area contributed by atoms with Crippen molar-refractivity contribution < 1.29 is 26.4 Å². The van der Waals surface area contributed by atoms with Gasteiger partial charge in [-0.05, 0) is 75.1 Å². The molecule has 0 saturated carbocycles. The average molecular weight is 510 g/mol. The lowest BCUT2D eigenvalue weighted by molar-refractivity contribution is -0.116. The van der Waals surface area contributed by atoms with Crippen LogP contribution in [0.25, 0.3) is 0 Å². The third kappa shape index (κ3) is 5.53. The monoisotopic (exact) mass is 509 g/mol. The quantitative estimate of drug-likeness (QED) is 0.586. The summed E-state index contributed by atoms with van der Waals surface area (Å²) < 4.78 is 59.0. The molecule has 1 saturated heterocycles. The second-order valence-corrected chi connectivity index (χ2v) is 12.3. The summed E-state index contributed by atoms with van der Waals surface area (Å²) >= 11 is 0. The molecule has 34 heavy (non-hydrogen) atoms. The minimum Gasteiger partial charge on any atom is -0.495 e. The third-order valence-electron chi connectivity index (χ3n) is 5.68. The number of amides is 1. The largest absolute Gasteiger partial charge is 0.495 e. The number of anilines is 2. The van der Waals surface area contributed by atoms with Crippen molar-refractivity contribution in [3.63, 3.8) is 0 Å². The van der Waals surface area contributed by atoms with E-state index in [1.165, 1.54) is 36.5 Å². The van der Waals surface area contributed by atoms with Gasteiger partial charge < -0.3 is 10.1 Å². The van der Waals surface area contributed by atoms with Crippen molar-refractivity contribution in [1.29, 1.82) is 0 Å². The molecule has 2 aromatic carbocycles. The minimum atomic E-state index is -3.81. The van der Waals surface area contributed by atoms with Gasteiger partial charge in [-0.1, -0.05) is 6.07 Å². The Morgan fingerprint density at radius 2 is 1.62 bits per heavy atom. The Labute approximate surface area is 201 Å². The van der Waals surface area contributed by atoms with Gasteiger partial charge in [0.15, 0.2) is 0 Å². The summed E-state index contributed by atoms with van der Waals surface area (Å²) in [5, 5.41) is 2.66. The van der Waals surface area contributed by atoms with Crippen LogP contribution in [0.2, 0.25) is 0 Å². The zero-order chi connectivity index (χ0) is 25.3. The molecule has 186 valence electrons. The number of rotatable bonds is 8. The SMILES string of the molecule is COc1ccc(S(=O)(=O)N2CCCC2)cc1NC(=O)[C@@H](C)N(c1cc(C)cc(C)c1)S(C)(=O)=O. The number of carbonyl (C=O) groups is 1. The van der Waals surface area contributed by atoms with Crippen molar-refractivity contribution in [2.75, 3.05) is 36.1 Å². The molecule has 0 radical (unpaired) electrons. The zero-order valence-corrected chi connectivity index (χ0v) is 21.7. The molecule has 9 nitrogen and oxygen atoms in total.